The zero-order valence-electron chi connectivity index (χ0n) is 24.7. The minimum absolute atomic E-state index is 0.0645. The number of aliphatic hydroxyl groups excluding tert-OH is 1. The van der Waals surface area contributed by atoms with Crippen molar-refractivity contribution in [2.45, 2.75) is 50.7 Å². The fraction of sp³-hybridized carbons (Fsp3) is 0.314. The molecule has 0 aromatic heterocycles. The molecule has 6 rings (SSSR count). The zero-order chi connectivity index (χ0) is 30.8. The number of hydrazone groups is 1. The number of likely N-dealkylation sites (tertiary alicyclic amines) is 1. The highest BCUT2D eigenvalue weighted by atomic mass is 16.3. The molecule has 0 aliphatic carbocycles. The standard InChI is InChI=1S/C35H36N4O5/c1-24(10-8-16-32(41)37-21-9-15-28(37)23-40)35(44)29-22-27(17-19-31(29)38(34(35)43)26-13-6-3-7-14-26)39-33(42)20-18-30(36-39)25-11-4-2-5-12-25/h2-8,10-14,17,19,22,24,28,40,44H,9,15-16,18,20-21,23H2,1H3/b10-8+/t24-,28-,35+/m0/s1. The molecule has 1 fully saturated rings. The van der Waals surface area contributed by atoms with E-state index < -0.39 is 17.4 Å². The molecule has 9 heteroatoms. The van der Waals surface area contributed by atoms with Crippen LogP contribution >= 0.6 is 0 Å². The number of hydrogen-bond acceptors (Lipinski definition) is 6. The van der Waals surface area contributed by atoms with E-state index in [2.05, 4.69) is 5.10 Å². The topological polar surface area (TPSA) is 114 Å². The number of benzene rings is 3. The van der Waals surface area contributed by atoms with Crippen LogP contribution in [0.4, 0.5) is 17.1 Å². The number of nitrogens with zero attached hydrogens (tertiary/aromatic N) is 4. The molecule has 2 N–H and O–H groups in total. The predicted octanol–water partition coefficient (Wildman–Crippen LogP) is 4.65. The molecule has 0 saturated carbocycles. The highest BCUT2D eigenvalue weighted by Gasteiger charge is 2.53. The summed E-state index contributed by atoms with van der Waals surface area (Å²) in [5.41, 5.74) is 1.69. The Labute approximate surface area is 256 Å². The van der Waals surface area contributed by atoms with Crippen LogP contribution in [0.5, 0.6) is 0 Å². The molecule has 9 nitrogen and oxygen atoms in total. The van der Waals surface area contributed by atoms with E-state index >= 15 is 0 Å². The van der Waals surface area contributed by atoms with Crippen molar-refractivity contribution in [3.05, 3.63) is 102 Å². The number of anilines is 3. The Morgan fingerprint density at radius 3 is 2.48 bits per heavy atom. The molecule has 3 aromatic rings. The summed E-state index contributed by atoms with van der Waals surface area (Å²) < 4.78 is 0. The maximum absolute atomic E-state index is 14.1. The fourth-order valence-electron chi connectivity index (χ4n) is 6.40. The number of hydrogen-bond donors (Lipinski definition) is 2. The summed E-state index contributed by atoms with van der Waals surface area (Å²) in [4.78, 5) is 43.3. The van der Waals surface area contributed by atoms with E-state index in [0.717, 1.165) is 24.1 Å². The van der Waals surface area contributed by atoms with Gasteiger partial charge in [0, 0.05) is 43.0 Å². The van der Waals surface area contributed by atoms with Crippen molar-refractivity contribution in [3.63, 3.8) is 0 Å². The van der Waals surface area contributed by atoms with Crippen molar-refractivity contribution in [1.82, 2.24) is 4.90 Å². The number of rotatable bonds is 8. The van der Waals surface area contributed by atoms with Crippen LogP contribution in [0, 0.1) is 5.92 Å². The van der Waals surface area contributed by atoms with Crippen molar-refractivity contribution in [1.29, 1.82) is 0 Å². The first-order valence-electron chi connectivity index (χ1n) is 15.1. The van der Waals surface area contributed by atoms with Crippen LogP contribution in [0.2, 0.25) is 0 Å². The molecule has 226 valence electrons. The fourth-order valence-corrected chi connectivity index (χ4v) is 6.40. The first-order chi connectivity index (χ1) is 21.3. The molecule has 44 heavy (non-hydrogen) atoms. The Hall–Kier alpha value is -4.60. The molecule has 0 unspecified atom stereocenters. The van der Waals surface area contributed by atoms with Crippen molar-refractivity contribution in [3.8, 4) is 0 Å². The zero-order valence-corrected chi connectivity index (χ0v) is 24.7. The summed E-state index contributed by atoms with van der Waals surface area (Å²) in [7, 11) is 0. The Bertz CT molecular complexity index is 1620. The van der Waals surface area contributed by atoms with Gasteiger partial charge < -0.3 is 15.1 Å². The monoisotopic (exact) mass is 592 g/mol. The third-order valence-corrected chi connectivity index (χ3v) is 8.84. The molecule has 3 atom stereocenters. The summed E-state index contributed by atoms with van der Waals surface area (Å²) in [6.45, 7) is 2.29. The minimum Gasteiger partial charge on any atom is -0.394 e. The van der Waals surface area contributed by atoms with Crippen molar-refractivity contribution < 1.29 is 24.6 Å². The number of aliphatic hydroxyl groups is 2. The van der Waals surface area contributed by atoms with Gasteiger partial charge in [-0.2, -0.15) is 5.10 Å². The average Bonchev–Trinajstić information content (AvgIpc) is 3.63. The second-order valence-corrected chi connectivity index (χ2v) is 11.5. The van der Waals surface area contributed by atoms with E-state index in [0.29, 0.717) is 35.6 Å². The molecular weight excluding hydrogens is 556 g/mol. The van der Waals surface area contributed by atoms with Crippen molar-refractivity contribution in [2.24, 2.45) is 11.0 Å². The average molecular weight is 593 g/mol. The summed E-state index contributed by atoms with van der Waals surface area (Å²) in [6.07, 6.45) is 5.92. The maximum Gasteiger partial charge on any atom is 0.268 e. The van der Waals surface area contributed by atoms with Gasteiger partial charge in [0.1, 0.15) is 0 Å². The van der Waals surface area contributed by atoms with E-state index in [1.54, 1.807) is 54.3 Å². The molecule has 3 aliphatic heterocycles. The quantitative estimate of drug-likeness (QED) is 0.370. The van der Waals surface area contributed by atoms with Gasteiger partial charge >= 0.3 is 0 Å². The SMILES string of the molecule is C[C@@H](/C=C/CC(=O)N1CCC[C@H]1CO)[C@]1(O)C(=O)N(c2ccccc2)c2ccc(N3N=C(c4ccccc4)CCC3=O)cc21. The lowest BCUT2D eigenvalue weighted by Gasteiger charge is -2.29. The third-order valence-electron chi connectivity index (χ3n) is 8.84. The minimum atomic E-state index is -1.97. The van der Waals surface area contributed by atoms with Crippen LogP contribution in [0.15, 0.2) is 96.1 Å². The Morgan fingerprint density at radius 1 is 1.02 bits per heavy atom. The number of fused-ring (bicyclic) bond motifs is 1. The van der Waals surface area contributed by atoms with Crippen molar-refractivity contribution in [2.75, 3.05) is 23.1 Å². The van der Waals surface area contributed by atoms with Gasteiger partial charge in [-0.25, -0.2) is 5.01 Å². The molecular formula is C35H36N4O5. The van der Waals surface area contributed by atoms with Gasteiger partial charge in [0.25, 0.3) is 5.91 Å². The van der Waals surface area contributed by atoms with E-state index in [9.17, 15) is 24.6 Å². The van der Waals surface area contributed by atoms with Gasteiger partial charge in [-0.15, -0.1) is 0 Å². The first-order valence-corrected chi connectivity index (χ1v) is 15.1. The Morgan fingerprint density at radius 2 is 1.75 bits per heavy atom. The number of carbonyl (C=O) groups excluding carboxylic acids is 3. The lowest BCUT2D eigenvalue weighted by atomic mass is 9.82. The molecule has 1 saturated heterocycles. The van der Waals surface area contributed by atoms with E-state index in [1.807, 2.05) is 48.5 Å². The third kappa shape index (κ3) is 5.22. The highest BCUT2D eigenvalue weighted by Crippen LogP contribution is 2.49. The molecule has 0 bridgehead atoms. The number of carbonyl (C=O) groups is 3. The summed E-state index contributed by atoms with van der Waals surface area (Å²) in [5, 5.41) is 27.9. The second kappa shape index (κ2) is 12.2. The molecule has 3 amide bonds. The van der Waals surface area contributed by atoms with E-state index in [1.165, 1.54) is 9.91 Å². The van der Waals surface area contributed by atoms with E-state index in [-0.39, 0.29) is 37.3 Å². The van der Waals surface area contributed by atoms with E-state index in [4.69, 9.17) is 0 Å². The van der Waals surface area contributed by atoms with Gasteiger partial charge in [-0.05, 0) is 48.7 Å². The largest absolute Gasteiger partial charge is 0.394 e. The number of para-hydroxylation sites is 1. The molecule has 3 aromatic carbocycles. The lowest BCUT2D eigenvalue weighted by Crippen LogP contribution is -2.43. The van der Waals surface area contributed by atoms with Gasteiger partial charge in [0.2, 0.25) is 11.8 Å². The molecule has 3 heterocycles. The van der Waals surface area contributed by atoms with Gasteiger partial charge in [-0.3, -0.25) is 19.3 Å². The summed E-state index contributed by atoms with van der Waals surface area (Å²) in [6, 6.07) is 23.8. The van der Waals surface area contributed by atoms with Crippen molar-refractivity contribution >= 4 is 40.5 Å². The maximum atomic E-state index is 14.1. The van der Waals surface area contributed by atoms with Crippen LogP contribution in [-0.2, 0) is 20.0 Å². The number of amides is 3. The summed E-state index contributed by atoms with van der Waals surface area (Å²) >= 11 is 0. The smallest absolute Gasteiger partial charge is 0.268 e. The van der Waals surface area contributed by atoms with Crippen LogP contribution < -0.4 is 9.91 Å². The molecule has 0 radical (unpaired) electrons. The molecule has 3 aliphatic rings. The van der Waals surface area contributed by atoms with Crippen LogP contribution in [0.25, 0.3) is 0 Å². The Balaban J connectivity index is 1.35. The van der Waals surface area contributed by atoms with Crippen LogP contribution in [0.3, 0.4) is 0 Å². The molecule has 0 spiro atoms. The lowest BCUT2D eigenvalue weighted by molar-refractivity contribution is -0.138. The van der Waals surface area contributed by atoms with Crippen LogP contribution in [0.1, 0.15) is 50.2 Å². The highest BCUT2D eigenvalue weighted by molar-refractivity contribution is 6.13. The van der Waals surface area contributed by atoms with Gasteiger partial charge in [-0.1, -0.05) is 67.6 Å². The summed E-state index contributed by atoms with van der Waals surface area (Å²) in [5.74, 6) is -1.50. The predicted molar refractivity (Wildman–Crippen MR) is 168 cm³/mol. The Kier molecular flexibility index (Phi) is 8.16. The van der Waals surface area contributed by atoms with Crippen LogP contribution in [-0.4, -0.2) is 57.7 Å². The first kappa shape index (κ1) is 29.5. The van der Waals surface area contributed by atoms with Gasteiger partial charge in [0.15, 0.2) is 5.60 Å². The second-order valence-electron chi connectivity index (χ2n) is 11.5. The normalized spacial score (nSPS) is 22.5. The van der Waals surface area contributed by atoms with Gasteiger partial charge in [0.05, 0.1) is 29.7 Å².